The predicted molar refractivity (Wildman–Crippen MR) is 117 cm³/mol. The SMILES string of the molecule is CCOc1ccc(Cc2cccc([C@]34C(O)C[C@@](C(C)O)(C3O)[C@H](O)[C@H](O)[C@@H]4O)c2)cc1. The van der Waals surface area contributed by atoms with Gasteiger partial charge >= 0.3 is 0 Å². The zero-order valence-corrected chi connectivity index (χ0v) is 18.3. The van der Waals surface area contributed by atoms with E-state index >= 15 is 0 Å². The van der Waals surface area contributed by atoms with Crippen LogP contribution in [0.15, 0.2) is 48.5 Å². The summed E-state index contributed by atoms with van der Waals surface area (Å²) in [7, 11) is 0. The number of fused-ring (bicyclic) bond motifs is 2. The second kappa shape index (κ2) is 8.41. The van der Waals surface area contributed by atoms with Crippen molar-refractivity contribution in [1.82, 2.24) is 0 Å². The maximum atomic E-state index is 11.4. The fraction of sp³-hybridized carbons (Fsp3) is 0.520. The maximum Gasteiger partial charge on any atom is 0.119 e. The molecule has 32 heavy (non-hydrogen) atoms. The van der Waals surface area contributed by atoms with Crippen LogP contribution in [0.3, 0.4) is 0 Å². The second-order valence-corrected chi connectivity index (χ2v) is 9.18. The van der Waals surface area contributed by atoms with Crippen molar-refractivity contribution in [3.63, 3.8) is 0 Å². The van der Waals surface area contributed by atoms with Gasteiger partial charge < -0.3 is 35.4 Å². The van der Waals surface area contributed by atoms with Crippen LogP contribution in [0.5, 0.6) is 5.75 Å². The van der Waals surface area contributed by atoms with E-state index in [1.54, 1.807) is 18.2 Å². The van der Waals surface area contributed by atoms with Crippen molar-refractivity contribution in [3.05, 3.63) is 65.2 Å². The van der Waals surface area contributed by atoms with Gasteiger partial charge in [0.25, 0.3) is 0 Å². The van der Waals surface area contributed by atoms with E-state index in [1.807, 2.05) is 37.3 Å². The van der Waals surface area contributed by atoms with Gasteiger partial charge in [0.15, 0.2) is 0 Å². The molecule has 0 aliphatic heterocycles. The summed E-state index contributed by atoms with van der Waals surface area (Å²) in [5.74, 6) is 0.786. The number of ether oxygens (including phenoxy) is 1. The molecule has 2 bridgehead atoms. The summed E-state index contributed by atoms with van der Waals surface area (Å²) >= 11 is 0. The van der Waals surface area contributed by atoms with Crippen LogP contribution in [0.4, 0.5) is 0 Å². The van der Waals surface area contributed by atoms with E-state index in [4.69, 9.17) is 4.74 Å². The minimum absolute atomic E-state index is 0.149. The first-order chi connectivity index (χ1) is 15.2. The summed E-state index contributed by atoms with van der Waals surface area (Å²) in [6.45, 7) is 3.93. The third-order valence-corrected chi connectivity index (χ3v) is 7.59. The normalized spacial score (nSPS) is 37.3. The van der Waals surface area contributed by atoms with E-state index in [0.29, 0.717) is 18.6 Å². The molecule has 6 N–H and O–H groups in total. The largest absolute Gasteiger partial charge is 0.494 e. The second-order valence-electron chi connectivity index (χ2n) is 9.18. The number of benzene rings is 2. The van der Waals surface area contributed by atoms with Gasteiger partial charge in [0.05, 0.1) is 48.0 Å². The smallest absolute Gasteiger partial charge is 0.119 e. The maximum absolute atomic E-state index is 11.4. The van der Waals surface area contributed by atoms with Gasteiger partial charge in [-0.1, -0.05) is 36.4 Å². The van der Waals surface area contributed by atoms with Crippen LogP contribution >= 0.6 is 0 Å². The van der Waals surface area contributed by atoms with E-state index in [2.05, 4.69) is 0 Å². The zero-order valence-electron chi connectivity index (χ0n) is 18.3. The summed E-state index contributed by atoms with van der Waals surface area (Å²) in [5, 5.41) is 65.2. The van der Waals surface area contributed by atoms with Crippen molar-refractivity contribution in [2.45, 2.75) is 68.7 Å². The fourth-order valence-corrected chi connectivity index (χ4v) is 5.88. The van der Waals surface area contributed by atoms with Gasteiger partial charge in [-0.3, -0.25) is 0 Å². The Hall–Kier alpha value is -2.00. The third kappa shape index (κ3) is 3.19. The summed E-state index contributed by atoms with van der Waals surface area (Å²) in [6.07, 6.45) is -8.33. The highest BCUT2D eigenvalue weighted by molar-refractivity contribution is 5.43. The Labute approximate surface area is 187 Å². The highest BCUT2D eigenvalue weighted by Gasteiger charge is 2.75. The monoisotopic (exact) mass is 444 g/mol. The Morgan fingerprint density at radius 3 is 2.28 bits per heavy atom. The molecule has 2 saturated carbocycles. The van der Waals surface area contributed by atoms with Gasteiger partial charge in [-0.2, -0.15) is 0 Å². The molecule has 0 aromatic heterocycles. The summed E-state index contributed by atoms with van der Waals surface area (Å²) < 4.78 is 5.48. The highest BCUT2D eigenvalue weighted by Crippen LogP contribution is 2.60. The summed E-state index contributed by atoms with van der Waals surface area (Å²) in [5.41, 5.74) is -0.800. The molecule has 8 atom stereocenters. The summed E-state index contributed by atoms with van der Waals surface area (Å²) in [6, 6.07) is 14.9. The molecule has 0 saturated heterocycles. The lowest BCUT2D eigenvalue weighted by atomic mass is 9.58. The quantitative estimate of drug-likeness (QED) is 0.383. The van der Waals surface area contributed by atoms with Crippen LogP contribution in [-0.4, -0.2) is 73.9 Å². The first kappa shape index (κ1) is 23.2. The Bertz CT molecular complexity index is 946. The summed E-state index contributed by atoms with van der Waals surface area (Å²) in [4.78, 5) is 0. The number of rotatable bonds is 6. The molecule has 7 heteroatoms. The molecule has 0 heterocycles. The van der Waals surface area contributed by atoms with Gasteiger partial charge in [-0.25, -0.2) is 0 Å². The van der Waals surface area contributed by atoms with E-state index in [0.717, 1.165) is 16.9 Å². The topological polar surface area (TPSA) is 131 Å². The van der Waals surface area contributed by atoms with Gasteiger partial charge in [0, 0.05) is 0 Å². The molecule has 2 aromatic rings. The number of hydrogen-bond acceptors (Lipinski definition) is 7. The molecule has 3 unspecified atom stereocenters. The molecule has 2 aliphatic carbocycles. The number of aliphatic hydroxyl groups excluding tert-OH is 6. The van der Waals surface area contributed by atoms with E-state index in [-0.39, 0.29) is 6.42 Å². The molecule has 174 valence electrons. The Morgan fingerprint density at radius 1 is 0.969 bits per heavy atom. The van der Waals surface area contributed by atoms with Crippen molar-refractivity contribution in [1.29, 1.82) is 0 Å². The predicted octanol–water partition coefficient (Wildman–Crippen LogP) is 0.503. The highest BCUT2D eigenvalue weighted by atomic mass is 16.5. The van der Waals surface area contributed by atoms with Crippen LogP contribution in [-0.2, 0) is 11.8 Å². The minimum atomic E-state index is -1.63. The lowest BCUT2D eigenvalue weighted by Crippen LogP contribution is -2.70. The molecular formula is C25H32O7. The van der Waals surface area contributed by atoms with Gasteiger partial charge in [0.2, 0.25) is 0 Å². The van der Waals surface area contributed by atoms with Gasteiger partial charge in [0.1, 0.15) is 11.9 Å². The Morgan fingerprint density at radius 2 is 1.66 bits per heavy atom. The van der Waals surface area contributed by atoms with Crippen LogP contribution in [0.25, 0.3) is 0 Å². The Balaban J connectivity index is 1.72. The average molecular weight is 445 g/mol. The Kier molecular flexibility index (Phi) is 6.09. The molecular weight excluding hydrogens is 412 g/mol. The van der Waals surface area contributed by atoms with E-state index in [9.17, 15) is 30.6 Å². The van der Waals surface area contributed by atoms with Crippen LogP contribution in [0.1, 0.15) is 37.0 Å². The van der Waals surface area contributed by atoms with Crippen molar-refractivity contribution >= 4 is 0 Å². The van der Waals surface area contributed by atoms with Crippen molar-refractivity contribution in [2.24, 2.45) is 5.41 Å². The first-order valence-electron chi connectivity index (χ1n) is 11.1. The van der Waals surface area contributed by atoms with Crippen molar-refractivity contribution in [2.75, 3.05) is 6.61 Å². The standard InChI is InChI=1S/C25H32O7/c1-3-32-18-9-7-15(8-10-18)11-16-5-4-6-17(12-16)25-19(27)13-24(14(2)26,23(25)31)21(29)20(28)22(25)30/h4-10,12,14,19-23,26-31H,3,11,13H2,1-2H3/t14?,19?,20-,21+,22-,23?,24-,25+/m0/s1. The van der Waals surface area contributed by atoms with Crippen LogP contribution in [0.2, 0.25) is 0 Å². The molecule has 2 fully saturated rings. The molecule has 0 spiro atoms. The lowest BCUT2D eigenvalue weighted by molar-refractivity contribution is -0.232. The average Bonchev–Trinajstić information content (AvgIpc) is 2.98. The number of aliphatic hydroxyl groups is 6. The molecule has 0 amide bonds. The van der Waals surface area contributed by atoms with Crippen molar-refractivity contribution < 1.29 is 35.4 Å². The van der Waals surface area contributed by atoms with Gasteiger partial charge in [-0.15, -0.1) is 0 Å². The van der Waals surface area contributed by atoms with Gasteiger partial charge in [-0.05, 0) is 55.5 Å². The zero-order chi connectivity index (χ0) is 23.3. The molecule has 7 nitrogen and oxygen atoms in total. The van der Waals surface area contributed by atoms with Crippen molar-refractivity contribution in [3.8, 4) is 5.75 Å². The molecule has 2 aliphatic rings. The number of hydrogen-bond donors (Lipinski definition) is 6. The molecule has 4 rings (SSSR count). The van der Waals surface area contributed by atoms with E-state index in [1.165, 1.54) is 6.92 Å². The molecule has 0 radical (unpaired) electrons. The third-order valence-electron chi connectivity index (χ3n) is 7.59. The van der Waals surface area contributed by atoms with Crippen LogP contribution in [0, 0.1) is 5.41 Å². The molecule has 2 aromatic carbocycles. The fourth-order valence-electron chi connectivity index (χ4n) is 5.88. The minimum Gasteiger partial charge on any atom is -0.494 e. The van der Waals surface area contributed by atoms with E-state index < -0.39 is 47.5 Å². The lowest BCUT2D eigenvalue weighted by Gasteiger charge is -2.53. The first-order valence-corrected chi connectivity index (χ1v) is 11.1. The van der Waals surface area contributed by atoms with Crippen LogP contribution < -0.4 is 4.74 Å².